The van der Waals surface area contributed by atoms with Gasteiger partial charge in [0.1, 0.15) is 6.61 Å². The predicted octanol–water partition coefficient (Wildman–Crippen LogP) is 3.48. The summed E-state index contributed by atoms with van der Waals surface area (Å²) in [7, 11) is 0. The smallest absolute Gasteiger partial charge is 0.375 e. The van der Waals surface area contributed by atoms with E-state index in [1.54, 1.807) is 0 Å². The Morgan fingerprint density at radius 3 is 2.48 bits per heavy atom. The molecule has 3 nitrogen and oxygen atoms in total. The normalized spacial score (nSPS) is 12.6. The van der Waals surface area contributed by atoms with E-state index in [2.05, 4.69) is 15.0 Å². The van der Waals surface area contributed by atoms with E-state index in [0.29, 0.717) is 0 Å². The Labute approximate surface area is 123 Å². The Balaban J connectivity index is 2.68. The van der Waals surface area contributed by atoms with Crippen LogP contribution in [0.1, 0.15) is 29.4 Å². The molecule has 0 radical (unpaired) electrons. The summed E-state index contributed by atoms with van der Waals surface area (Å²) in [6, 6.07) is 0.0472. The summed E-state index contributed by atoms with van der Waals surface area (Å²) in [5.74, 6) is 0. The molecule has 0 saturated heterocycles. The summed E-state index contributed by atoms with van der Waals surface area (Å²) in [6.07, 6.45) is -7.02. The molecule has 0 fully saturated rings. The molecule has 0 aliphatic rings. The first-order valence-corrected chi connectivity index (χ1v) is 7.16. The fourth-order valence-electron chi connectivity index (χ4n) is 1.48. The predicted molar refractivity (Wildman–Crippen MR) is 69.6 cm³/mol. The molecule has 0 aliphatic heterocycles. The molecule has 1 heterocycles. The number of alkyl halides is 5. The van der Waals surface area contributed by atoms with E-state index < -0.39 is 24.9 Å². The van der Waals surface area contributed by atoms with Crippen molar-refractivity contribution in [1.29, 1.82) is 0 Å². The molecule has 122 valence electrons. The van der Waals surface area contributed by atoms with Gasteiger partial charge in [-0.15, -0.1) is 11.3 Å². The van der Waals surface area contributed by atoms with Crippen LogP contribution in [0.25, 0.3) is 0 Å². The molecular formula is C12H17F5N2OS. The lowest BCUT2D eigenvalue weighted by Gasteiger charge is -2.09. The Bertz CT molecular complexity index is 434. The average molecular weight is 332 g/mol. The van der Waals surface area contributed by atoms with Crippen LogP contribution < -0.4 is 5.32 Å². The average Bonchev–Trinajstić information content (AvgIpc) is 2.75. The van der Waals surface area contributed by atoms with Crippen molar-refractivity contribution in [2.75, 3.05) is 13.2 Å². The van der Waals surface area contributed by atoms with Crippen LogP contribution in [0.4, 0.5) is 22.0 Å². The second-order valence-corrected chi connectivity index (χ2v) is 5.80. The maximum Gasteiger partial charge on any atom is 0.434 e. The Morgan fingerprint density at radius 2 is 1.95 bits per heavy atom. The first-order valence-electron chi connectivity index (χ1n) is 6.35. The van der Waals surface area contributed by atoms with Gasteiger partial charge in [-0.3, -0.25) is 0 Å². The third kappa shape index (κ3) is 6.66. The number of aromatic nitrogens is 1. The number of nitrogens with zero attached hydrogens (tertiary/aromatic N) is 1. The molecule has 21 heavy (non-hydrogen) atoms. The largest absolute Gasteiger partial charge is 0.434 e. The van der Waals surface area contributed by atoms with Crippen LogP contribution in [0.2, 0.25) is 0 Å². The zero-order valence-electron chi connectivity index (χ0n) is 11.6. The minimum absolute atomic E-state index is 0.0472. The molecule has 0 aromatic carbocycles. The standard InChI is InChI=1S/C12H17F5N2OS/c1-7(2)18-5-8-11(12(15,16)17)19-10(21-8)3-4-20-6-9(13)14/h7,9,18H,3-6H2,1-2H3. The molecule has 1 aromatic rings. The van der Waals surface area contributed by atoms with Gasteiger partial charge in [0.05, 0.1) is 16.5 Å². The molecule has 0 saturated carbocycles. The minimum Gasteiger partial charge on any atom is -0.375 e. The summed E-state index contributed by atoms with van der Waals surface area (Å²) in [5.41, 5.74) is -0.912. The second kappa shape index (κ2) is 8.00. The van der Waals surface area contributed by atoms with E-state index in [4.69, 9.17) is 0 Å². The van der Waals surface area contributed by atoms with Gasteiger partial charge in [-0.25, -0.2) is 13.8 Å². The van der Waals surface area contributed by atoms with E-state index >= 15 is 0 Å². The van der Waals surface area contributed by atoms with Gasteiger partial charge >= 0.3 is 6.18 Å². The lowest BCUT2D eigenvalue weighted by molar-refractivity contribution is -0.141. The van der Waals surface area contributed by atoms with Gasteiger partial charge in [-0.1, -0.05) is 13.8 Å². The van der Waals surface area contributed by atoms with Crippen LogP contribution >= 0.6 is 11.3 Å². The van der Waals surface area contributed by atoms with Crippen LogP contribution in [0.5, 0.6) is 0 Å². The van der Waals surface area contributed by atoms with Crippen LogP contribution in [-0.4, -0.2) is 30.7 Å². The van der Waals surface area contributed by atoms with E-state index in [9.17, 15) is 22.0 Å². The van der Waals surface area contributed by atoms with Gasteiger partial charge in [-0.2, -0.15) is 13.2 Å². The quantitative estimate of drug-likeness (QED) is 0.584. The summed E-state index contributed by atoms with van der Waals surface area (Å²) in [5, 5.41) is 3.14. The number of halogens is 5. The SMILES string of the molecule is CC(C)NCc1sc(CCOCC(F)F)nc1C(F)(F)F. The van der Waals surface area contributed by atoms with Gasteiger partial charge in [0.2, 0.25) is 0 Å². The van der Waals surface area contributed by atoms with E-state index in [1.165, 1.54) is 0 Å². The van der Waals surface area contributed by atoms with Gasteiger partial charge in [-0.05, 0) is 0 Å². The summed E-state index contributed by atoms with van der Waals surface area (Å²) in [6.45, 7) is 2.92. The van der Waals surface area contributed by atoms with Crippen molar-refractivity contribution < 1.29 is 26.7 Å². The van der Waals surface area contributed by atoms with Crippen molar-refractivity contribution >= 4 is 11.3 Å². The fourth-order valence-corrected chi connectivity index (χ4v) is 2.50. The Morgan fingerprint density at radius 1 is 1.29 bits per heavy atom. The Kier molecular flexibility index (Phi) is 6.95. The van der Waals surface area contributed by atoms with Crippen LogP contribution in [-0.2, 0) is 23.9 Å². The topological polar surface area (TPSA) is 34.1 Å². The molecule has 0 aliphatic carbocycles. The highest BCUT2D eigenvalue weighted by Gasteiger charge is 2.37. The molecule has 1 N–H and O–H groups in total. The molecule has 0 bridgehead atoms. The second-order valence-electron chi connectivity index (χ2n) is 4.63. The number of hydrogen-bond acceptors (Lipinski definition) is 4. The number of hydrogen-bond donors (Lipinski definition) is 1. The van der Waals surface area contributed by atoms with E-state index in [0.717, 1.165) is 11.3 Å². The Hall–Kier alpha value is -0.800. The molecule has 0 amide bonds. The summed E-state index contributed by atoms with van der Waals surface area (Å²) < 4.78 is 67.0. The third-order valence-corrected chi connectivity index (χ3v) is 3.50. The zero-order chi connectivity index (χ0) is 16.0. The maximum absolute atomic E-state index is 12.9. The van der Waals surface area contributed by atoms with Gasteiger partial charge in [0.25, 0.3) is 6.43 Å². The minimum atomic E-state index is -4.52. The van der Waals surface area contributed by atoms with Crippen molar-refractivity contribution in [3.63, 3.8) is 0 Å². The van der Waals surface area contributed by atoms with Crippen molar-refractivity contribution in [3.05, 3.63) is 15.6 Å². The van der Waals surface area contributed by atoms with Crippen molar-refractivity contribution in [1.82, 2.24) is 10.3 Å². The van der Waals surface area contributed by atoms with Gasteiger partial charge in [0, 0.05) is 19.0 Å². The lowest BCUT2D eigenvalue weighted by atomic mass is 10.3. The number of rotatable bonds is 8. The third-order valence-electron chi connectivity index (χ3n) is 2.39. The summed E-state index contributed by atoms with van der Waals surface area (Å²) >= 11 is 0.926. The first-order chi connectivity index (χ1) is 9.70. The first kappa shape index (κ1) is 18.2. The van der Waals surface area contributed by atoms with Crippen molar-refractivity contribution in [2.24, 2.45) is 0 Å². The van der Waals surface area contributed by atoms with E-state index in [1.807, 2.05) is 13.8 Å². The van der Waals surface area contributed by atoms with Crippen LogP contribution in [0, 0.1) is 0 Å². The molecule has 1 rings (SSSR count). The molecule has 9 heteroatoms. The maximum atomic E-state index is 12.9. The van der Waals surface area contributed by atoms with E-state index in [-0.39, 0.29) is 35.5 Å². The highest BCUT2D eigenvalue weighted by atomic mass is 32.1. The molecule has 0 spiro atoms. The number of nitrogens with one attached hydrogen (secondary N) is 1. The van der Waals surface area contributed by atoms with Crippen LogP contribution in [0.15, 0.2) is 0 Å². The molecule has 1 aromatic heterocycles. The monoisotopic (exact) mass is 332 g/mol. The van der Waals surface area contributed by atoms with Crippen molar-refractivity contribution in [3.8, 4) is 0 Å². The number of thiazole rings is 1. The molecule has 0 atom stereocenters. The highest BCUT2D eigenvalue weighted by molar-refractivity contribution is 7.11. The summed E-state index contributed by atoms with van der Waals surface area (Å²) in [4.78, 5) is 3.66. The fraction of sp³-hybridized carbons (Fsp3) is 0.750. The number of ether oxygens (including phenoxy) is 1. The van der Waals surface area contributed by atoms with Gasteiger partial charge < -0.3 is 10.1 Å². The molecule has 0 unspecified atom stereocenters. The van der Waals surface area contributed by atoms with Crippen LogP contribution in [0.3, 0.4) is 0 Å². The van der Waals surface area contributed by atoms with Crippen molar-refractivity contribution in [2.45, 2.75) is 45.5 Å². The zero-order valence-corrected chi connectivity index (χ0v) is 12.5. The highest BCUT2D eigenvalue weighted by Crippen LogP contribution is 2.34. The van der Waals surface area contributed by atoms with Gasteiger partial charge in [0.15, 0.2) is 5.69 Å². The molecular weight excluding hydrogens is 315 g/mol. The lowest BCUT2D eigenvalue weighted by Crippen LogP contribution is -2.23.